The zero-order valence-electron chi connectivity index (χ0n) is 15.7. The number of rotatable bonds is 4. The first kappa shape index (κ1) is 16.8. The molecule has 2 atom stereocenters. The molecule has 10 nitrogen and oxygen atoms in total. The lowest BCUT2D eigenvalue weighted by Gasteiger charge is -2.16. The lowest BCUT2D eigenvalue weighted by atomic mass is 10.0. The number of ether oxygens (including phenoxy) is 1. The van der Waals surface area contributed by atoms with Crippen LogP contribution in [0.4, 0.5) is 10.5 Å². The van der Waals surface area contributed by atoms with Crippen molar-refractivity contribution >= 4 is 11.8 Å². The van der Waals surface area contributed by atoms with E-state index in [0.29, 0.717) is 12.4 Å². The van der Waals surface area contributed by atoms with Gasteiger partial charge in [-0.3, -0.25) is 4.90 Å². The smallest absolute Gasteiger partial charge is 0.415 e. The van der Waals surface area contributed by atoms with E-state index >= 15 is 0 Å². The molecule has 0 N–H and O–H groups in total. The summed E-state index contributed by atoms with van der Waals surface area (Å²) >= 11 is 0. The molecule has 148 valence electrons. The van der Waals surface area contributed by atoms with Crippen LogP contribution in [0.15, 0.2) is 61.3 Å². The standard InChI is InChI=1S/C20H16N8O2/c29-20-28-16-3-1-13(14-2-4-19(21-11-14)27-8-6-23-25-27)9-15(16)10-17(28)18(30-20)12-26-7-5-22-24-26/h1-9,11,17-18H,10,12H2/t17?,18-/m0/s1. The van der Waals surface area contributed by atoms with Crippen LogP contribution in [0, 0.1) is 0 Å². The fourth-order valence-corrected chi connectivity index (χ4v) is 4.15. The molecule has 1 saturated heterocycles. The van der Waals surface area contributed by atoms with Gasteiger partial charge in [0.25, 0.3) is 0 Å². The molecule has 1 fully saturated rings. The molecule has 3 aromatic heterocycles. The Labute approximate surface area is 170 Å². The van der Waals surface area contributed by atoms with Crippen LogP contribution in [0.25, 0.3) is 16.9 Å². The number of carbonyl (C=O) groups is 1. The Kier molecular flexibility index (Phi) is 3.63. The number of aromatic nitrogens is 7. The van der Waals surface area contributed by atoms with Crippen molar-refractivity contribution in [2.75, 3.05) is 4.90 Å². The molecule has 6 rings (SSSR count). The Morgan fingerprint density at radius 3 is 2.67 bits per heavy atom. The number of amides is 1. The molecule has 5 heterocycles. The molecule has 0 aliphatic carbocycles. The highest BCUT2D eigenvalue weighted by atomic mass is 16.6. The van der Waals surface area contributed by atoms with Gasteiger partial charge in [0.05, 0.1) is 36.9 Å². The van der Waals surface area contributed by atoms with Gasteiger partial charge in [0.2, 0.25) is 0 Å². The van der Waals surface area contributed by atoms with E-state index in [0.717, 1.165) is 28.8 Å². The molecule has 0 bridgehead atoms. The summed E-state index contributed by atoms with van der Waals surface area (Å²) in [6, 6.07) is 9.98. The zero-order valence-corrected chi connectivity index (χ0v) is 15.7. The summed E-state index contributed by atoms with van der Waals surface area (Å²) < 4.78 is 8.90. The number of benzene rings is 1. The van der Waals surface area contributed by atoms with Gasteiger partial charge in [-0.1, -0.05) is 16.5 Å². The second-order valence-corrected chi connectivity index (χ2v) is 7.28. The molecule has 10 heteroatoms. The van der Waals surface area contributed by atoms with Crippen LogP contribution in [0.5, 0.6) is 0 Å². The fourth-order valence-electron chi connectivity index (χ4n) is 4.15. The second kappa shape index (κ2) is 6.48. The van der Waals surface area contributed by atoms with Gasteiger partial charge < -0.3 is 4.74 Å². The third-order valence-corrected chi connectivity index (χ3v) is 5.56. The largest absolute Gasteiger partial charge is 0.442 e. The van der Waals surface area contributed by atoms with Gasteiger partial charge in [0.15, 0.2) is 5.82 Å². The topological polar surface area (TPSA) is 104 Å². The SMILES string of the molecule is O=C1O[C@@H](Cn2ccnn2)C2Cc3cc(-c4ccc(-n5ccnn5)nc4)ccc3N12. The minimum atomic E-state index is -0.310. The zero-order chi connectivity index (χ0) is 20.1. The number of pyridine rings is 1. The maximum absolute atomic E-state index is 12.5. The lowest BCUT2D eigenvalue weighted by Crippen LogP contribution is -2.35. The minimum Gasteiger partial charge on any atom is -0.442 e. The number of carbonyl (C=O) groups excluding carboxylic acids is 1. The molecule has 0 radical (unpaired) electrons. The molecule has 1 aromatic carbocycles. The molecule has 4 aromatic rings. The summed E-state index contributed by atoms with van der Waals surface area (Å²) in [6.07, 6.45) is 8.73. The second-order valence-electron chi connectivity index (χ2n) is 7.28. The highest BCUT2D eigenvalue weighted by molar-refractivity contribution is 5.94. The number of anilines is 1. The molecule has 0 saturated carbocycles. The van der Waals surface area contributed by atoms with E-state index < -0.39 is 0 Å². The highest BCUT2D eigenvalue weighted by Crippen LogP contribution is 2.40. The predicted molar refractivity (Wildman–Crippen MR) is 105 cm³/mol. The van der Waals surface area contributed by atoms with E-state index in [1.807, 2.05) is 30.5 Å². The van der Waals surface area contributed by atoms with E-state index in [2.05, 4.69) is 31.7 Å². The van der Waals surface area contributed by atoms with Crippen molar-refractivity contribution in [3.8, 4) is 16.9 Å². The molecule has 30 heavy (non-hydrogen) atoms. The molecule has 2 aliphatic rings. The van der Waals surface area contributed by atoms with Crippen LogP contribution in [0.3, 0.4) is 0 Å². The first-order chi connectivity index (χ1) is 14.8. The summed E-state index contributed by atoms with van der Waals surface area (Å²) in [5.74, 6) is 0.705. The van der Waals surface area contributed by atoms with Crippen molar-refractivity contribution in [2.45, 2.75) is 25.1 Å². The van der Waals surface area contributed by atoms with Gasteiger partial charge in [0, 0.05) is 18.0 Å². The van der Waals surface area contributed by atoms with Gasteiger partial charge in [0.1, 0.15) is 6.10 Å². The van der Waals surface area contributed by atoms with Crippen molar-refractivity contribution in [3.63, 3.8) is 0 Å². The van der Waals surface area contributed by atoms with E-state index in [9.17, 15) is 4.79 Å². The third kappa shape index (κ3) is 2.65. The van der Waals surface area contributed by atoms with E-state index in [1.54, 1.807) is 39.1 Å². The number of cyclic esters (lactones) is 1. The maximum atomic E-state index is 12.5. The Morgan fingerprint density at radius 1 is 1.03 bits per heavy atom. The Balaban J connectivity index is 1.27. The van der Waals surface area contributed by atoms with Gasteiger partial charge in [-0.25, -0.2) is 19.1 Å². The molecular formula is C20H16N8O2. The van der Waals surface area contributed by atoms with Crippen molar-refractivity contribution in [1.29, 1.82) is 0 Å². The fraction of sp³-hybridized carbons (Fsp3) is 0.200. The maximum Gasteiger partial charge on any atom is 0.415 e. The quantitative estimate of drug-likeness (QED) is 0.515. The van der Waals surface area contributed by atoms with Gasteiger partial charge in [-0.2, -0.15) is 0 Å². The van der Waals surface area contributed by atoms with Crippen molar-refractivity contribution in [3.05, 3.63) is 66.9 Å². The summed E-state index contributed by atoms with van der Waals surface area (Å²) in [6.45, 7) is 0.488. The van der Waals surface area contributed by atoms with Crippen LogP contribution < -0.4 is 4.90 Å². The number of nitrogens with zero attached hydrogens (tertiary/aromatic N) is 8. The van der Waals surface area contributed by atoms with Crippen LogP contribution in [-0.2, 0) is 17.7 Å². The lowest BCUT2D eigenvalue weighted by molar-refractivity contribution is 0.117. The van der Waals surface area contributed by atoms with Gasteiger partial charge in [-0.15, -0.1) is 10.2 Å². The Morgan fingerprint density at radius 2 is 1.90 bits per heavy atom. The van der Waals surface area contributed by atoms with Crippen LogP contribution in [-0.4, -0.2) is 53.2 Å². The Bertz CT molecular complexity index is 1200. The molecule has 2 aliphatic heterocycles. The first-order valence-corrected chi connectivity index (χ1v) is 9.56. The number of hydrogen-bond acceptors (Lipinski definition) is 7. The number of fused-ring (bicyclic) bond motifs is 3. The summed E-state index contributed by atoms with van der Waals surface area (Å²) in [5.41, 5.74) is 4.07. The monoisotopic (exact) mass is 400 g/mol. The van der Waals surface area contributed by atoms with Gasteiger partial charge in [-0.05, 0) is 41.8 Å². The average Bonchev–Trinajstić information content (AvgIpc) is 3.56. The molecule has 1 amide bonds. The highest BCUT2D eigenvalue weighted by Gasteiger charge is 2.47. The third-order valence-electron chi connectivity index (χ3n) is 5.56. The normalized spacial score (nSPS) is 19.6. The van der Waals surface area contributed by atoms with E-state index in [1.165, 1.54) is 0 Å². The van der Waals surface area contributed by atoms with Crippen LogP contribution in [0.2, 0.25) is 0 Å². The van der Waals surface area contributed by atoms with Gasteiger partial charge >= 0.3 is 6.09 Å². The Hall–Kier alpha value is -4.08. The average molecular weight is 400 g/mol. The van der Waals surface area contributed by atoms with E-state index in [-0.39, 0.29) is 18.2 Å². The van der Waals surface area contributed by atoms with E-state index in [4.69, 9.17) is 4.74 Å². The van der Waals surface area contributed by atoms with Crippen LogP contribution >= 0.6 is 0 Å². The summed E-state index contributed by atoms with van der Waals surface area (Å²) in [4.78, 5) is 18.7. The first-order valence-electron chi connectivity index (χ1n) is 9.56. The van der Waals surface area contributed by atoms with Crippen molar-refractivity contribution < 1.29 is 9.53 Å². The summed E-state index contributed by atoms with van der Waals surface area (Å²) in [7, 11) is 0. The molecular weight excluding hydrogens is 384 g/mol. The van der Waals surface area contributed by atoms with Crippen LogP contribution in [0.1, 0.15) is 5.56 Å². The minimum absolute atomic E-state index is 0.0419. The molecule has 1 unspecified atom stereocenters. The number of hydrogen-bond donors (Lipinski definition) is 0. The summed E-state index contributed by atoms with van der Waals surface area (Å²) in [5, 5.41) is 15.6. The van der Waals surface area contributed by atoms with Crippen molar-refractivity contribution in [1.82, 2.24) is 35.0 Å². The predicted octanol–water partition coefficient (Wildman–Crippen LogP) is 1.87. The molecule has 0 spiro atoms. The van der Waals surface area contributed by atoms with Crippen molar-refractivity contribution in [2.24, 2.45) is 0 Å².